The van der Waals surface area contributed by atoms with Crippen LogP contribution in [-0.2, 0) is 12.7 Å². The number of halogens is 3. The highest BCUT2D eigenvalue weighted by Crippen LogP contribution is 2.33. The first kappa shape index (κ1) is 18.2. The van der Waals surface area contributed by atoms with Gasteiger partial charge in [-0.2, -0.15) is 17.7 Å². The van der Waals surface area contributed by atoms with E-state index in [1.54, 1.807) is 25.2 Å². The Hall–Kier alpha value is -3.17. The highest BCUT2D eigenvalue weighted by atomic mass is 19.4. The molecule has 1 saturated carbocycles. The van der Waals surface area contributed by atoms with Crippen LogP contribution in [0, 0.1) is 0 Å². The number of alkyl halides is 3. The maximum absolute atomic E-state index is 13.1. The molecule has 1 aromatic carbocycles. The monoisotopic (exact) mass is 390 g/mol. The topological polar surface area (TPSA) is 75.4 Å². The number of anilines is 1. The second-order valence-electron chi connectivity index (χ2n) is 6.62. The van der Waals surface area contributed by atoms with E-state index in [9.17, 15) is 18.0 Å². The maximum atomic E-state index is 13.1. The lowest BCUT2D eigenvalue weighted by Gasteiger charge is -2.23. The van der Waals surface area contributed by atoms with Gasteiger partial charge in [-0.1, -0.05) is 12.1 Å². The van der Waals surface area contributed by atoms with Gasteiger partial charge in [-0.05, 0) is 42.7 Å². The van der Waals surface area contributed by atoms with Crippen LogP contribution in [0.25, 0.3) is 5.65 Å². The summed E-state index contributed by atoms with van der Waals surface area (Å²) in [5, 5.41) is 13.5. The molecule has 10 heteroatoms. The summed E-state index contributed by atoms with van der Waals surface area (Å²) < 4.78 is 40.1. The predicted octanol–water partition coefficient (Wildman–Crippen LogP) is 2.67. The van der Waals surface area contributed by atoms with E-state index in [0.29, 0.717) is 17.9 Å². The number of fused-ring (bicyclic) bond motifs is 1. The van der Waals surface area contributed by atoms with Crippen molar-refractivity contribution in [3.8, 4) is 0 Å². The molecule has 2 heterocycles. The molecule has 1 fully saturated rings. The van der Waals surface area contributed by atoms with Crippen LogP contribution in [0.15, 0.2) is 36.4 Å². The first-order chi connectivity index (χ1) is 13.4. The van der Waals surface area contributed by atoms with Crippen LogP contribution in [0.1, 0.15) is 34.6 Å². The quantitative estimate of drug-likeness (QED) is 0.725. The van der Waals surface area contributed by atoms with Gasteiger partial charge in [0.15, 0.2) is 5.65 Å². The van der Waals surface area contributed by atoms with Gasteiger partial charge in [0.25, 0.3) is 11.7 Å². The minimum atomic E-state index is -4.63. The van der Waals surface area contributed by atoms with Crippen molar-refractivity contribution in [1.29, 1.82) is 0 Å². The summed E-state index contributed by atoms with van der Waals surface area (Å²) in [5.74, 6) is -0.893. The van der Waals surface area contributed by atoms with Crippen molar-refractivity contribution in [2.75, 3.05) is 11.9 Å². The zero-order valence-electron chi connectivity index (χ0n) is 14.9. The first-order valence-electron chi connectivity index (χ1n) is 8.74. The molecule has 0 saturated heterocycles. The fourth-order valence-corrected chi connectivity index (χ4v) is 3.00. The minimum absolute atomic E-state index is 0.0433. The Kier molecular flexibility index (Phi) is 4.40. The molecule has 1 aliphatic rings. The Labute approximate surface area is 158 Å². The average molecular weight is 390 g/mol. The molecule has 0 bridgehead atoms. The minimum Gasteiger partial charge on any atom is -0.355 e. The Balaban J connectivity index is 1.64. The van der Waals surface area contributed by atoms with Crippen molar-refractivity contribution >= 4 is 17.4 Å². The lowest BCUT2D eigenvalue weighted by atomic mass is 10.1. The lowest BCUT2D eigenvalue weighted by molar-refractivity contribution is -0.146. The number of benzene rings is 1. The number of carbonyl (C=O) groups is 1. The predicted molar refractivity (Wildman–Crippen MR) is 94.8 cm³/mol. The molecule has 1 aliphatic carbocycles. The molecule has 146 valence electrons. The molecule has 0 spiro atoms. The second-order valence-corrected chi connectivity index (χ2v) is 6.62. The van der Waals surface area contributed by atoms with Gasteiger partial charge in [0.2, 0.25) is 0 Å². The van der Waals surface area contributed by atoms with E-state index in [4.69, 9.17) is 0 Å². The van der Waals surface area contributed by atoms with Crippen molar-refractivity contribution in [3.63, 3.8) is 0 Å². The van der Waals surface area contributed by atoms with E-state index in [-0.39, 0.29) is 17.6 Å². The van der Waals surface area contributed by atoms with E-state index >= 15 is 0 Å². The molecule has 0 aliphatic heterocycles. The molecule has 0 radical (unpaired) electrons. The summed E-state index contributed by atoms with van der Waals surface area (Å²) in [6, 6.07) is 10.5. The second kappa shape index (κ2) is 6.77. The zero-order chi connectivity index (χ0) is 19.9. The molecule has 1 N–H and O–H groups in total. The van der Waals surface area contributed by atoms with Crippen molar-refractivity contribution in [1.82, 2.24) is 25.1 Å². The Bertz CT molecular complexity index is 1010. The molecule has 1 amide bonds. The summed E-state index contributed by atoms with van der Waals surface area (Å²) in [7, 11) is 1.56. The smallest absolute Gasteiger partial charge is 0.355 e. The molecule has 0 unspecified atom stereocenters. The van der Waals surface area contributed by atoms with Crippen molar-refractivity contribution < 1.29 is 18.0 Å². The van der Waals surface area contributed by atoms with Gasteiger partial charge in [0.1, 0.15) is 5.82 Å². The molecule has 3 aromatic rings. The largest absolute Gasteiger partial charge is 0.453 e. The lowest BCUT2D eigenvalue weighted by Crippen LogP contribution is -2.27. The van der Waals surface area contributed by atoms with Crippen LogP contribution in [0.4, 0.5) is 19.0 Å². The number of aromatic nitrogens is 4. The number of hydrogen-bond acceptors (Lipinski definition) is 5. The van der Waals surface area contributed by atoms with E-state index in [0.717, 1.165) is 22.9 Å². The van der Waals surface area contributed by atoms with Gasteiger partial charge in [0, 0.05) is 25.2 Å². The molecule has 2 aromatic heterocycles. The van der Waals surface area contributed by atoms with Crippen molar-refractivity contribution in [2.45, 2.75) is 31.6 Å². The first-order valence-corrected chi connectivity index (χ1v) is 8.74. The van der Waals surface area contributed by atoms with Crippen LogP contribution in [-0.4, -0.2) is 38.8 Å². The number of nitrogens with zero attached hydrogens (tertiary/aromatic N) is 5. The van der Waals surface area contributed by atoms with Gasteiger partial charge in [-0.15, -0.1) is 15.3 Å². The van der Waals surface area contributed by atoms with Crippen molar-refractivity contribution in [3.05, 3.63) is 53.3 Å². The van der Waals surface area contributed by atoms with Crippen LogP contribution in [0.2, 0.25) is 0 Å². The Morgan fingerprint density at radius 1 is 1.18 bits per heavy atom. The third-order valence-electron chi connectivity index (χ3n) is 4.58. The molecular weight excluding hydrogens is 373 g/mol. The van der Waals surface area contributed by atoms with Crippen LogP contribution < -0.4 is 10.2 Å². The summed E-state index contributed by atoms with van der Waals surface area (Å²) in [6.45, 7) is 0.473. The zero-order valence-corrected chi connectivity index (χ0v) is 14.9. The number of nitrogens with one attached hydrogen (secondary N) is 1. The molecule has 4 rings (SSSR count). The number of amides is 1. The Morgan fingerprint density at radius 2 is 1.89 bits per heavy atom. The van der Waals surface area contributed by atoms with Crippen molar-refractivity contribution in [2.24, 2.45) is 0 Å². The van der Waals surface area contributed by atoms with Crippen LogP contribution >= 0.6 is 0 Å². The number of rotatable bonds is 5. The number of carbonyl (C=O) groups excluding carboxylic acids is 1. The molecular formula is C18H17F3N6O. The van der Waals surface area contributed by atoms with Gasteiger partial charge in [0.05, 0.1) is 0 Å². The summed E-state index contributed by atoms with van der Waals surface area (Å²) in [6.07, 6.45) is -2.74. The van der Waals surface area contributed by atoms with E-state index in [2.05, 4.69) is 20.6 Å². The van der Waals surface area contributed by atoms with Gasteiger partial charge in [-0.3, -0.25) is 4.79 Å². The molecule has 28 heavy (non-hydrogen) atoms. The summed E-state index contributed by atoms with van der Waals surface area (Å²) in [5.41, 5.74) is 1.52. The van der Waals surface area contributed by atoms with E-state index in [1.165, 1.54) is 6.07 Å². The standard InChI is InChI=1S/C18H17F3N6O/c1-22-16(28)12-4-2-11(3-5-12)10-26(13-6-7-13)15-9-8-14-23-24-17(18(19,20)21)27(14)25-15/h2-5,8-9,13H,6-7,10H2,1H3,(H,22,28). The highest BCUT2D eigenvalue weighted by Gasteiger charge is 2.38. The average Bonchev–Trinajstić information content (AvgIpc) is 3.42. The Morgan fingerprint density at radius 3 is 2.50 bits per heavy atom. The fourth-order valence-electron chi connectivity index (χ4n) is 3.00. The third-order valence-corrected chi connectivity index (χ3v) is 4.58. The third kappa shape index (κ3) is 3.49. The fraction of sp³-hybridized carbons (Fsp3) is 0.333. The SMILES string of the molecule is CNC(=O)c1ccc(CN(c2ccc3nnc(C(F)(F)F)n3n2)C2CC2)cc1. The molecule has 7 nitrogen and oxygen atoms in total. The highest BCUT2D eigenvalue weighted by molar-refractivity contribution is 5.93. The van der Waals surface area contributed by atoms with Crippen LogP contribution in [0.3, 0.4) is 0 Å². The number of hydrogen-bond donors (Lipinski definition) is 1. The van der Waals surface area contributed by atoms with E-state index < -0.39 is 12.0 Å². The van der Waals surface area contributed by atoms with Crippen LogP contribution in [0.5, 0.6) is 0 Å². The van der Waals surface area contributed by atoms with Gasteiger partial charge < -0.3 is 10.2 Å². The van der Waals surface area contributed by atoms with Gasteiger partial charge in [-0.25, -0.2) is 0 Å². The maximum Gasteiger partial charge on any atom is 0.453 e. The summed E-state index contributed by atoms with van der Waals surface area (Å²) >= 11 is 0. The normalized spacial score (nSPS) is 14.3. The molecule has 0 atom stereocenters. The summed E-state index contributed by atoms with van der Waals surface area (Å²) in [4.78, 5) is 13.6. The van der Waals surface area contributed by atoms with Gasteiger partial charge >= 0.3 is 6.18 Å². The van der Waals surface area contributed by atoms with E-state index in [1.807, 2.05) is 17.0 Å².